The van der Waals surface area contributed by atoms with E-state index in [4.69, 9.17) is 17.3 Å². The van der Waals surface area contributed by atoms with E-state index in [1.807, 2.05) is 18.8 Å². The first kappa shape index (κ1) is 12.5. The Hall–Kier alpha value is -0.940. The first-order chi connectivity index (χ1) is 8.08. The largest absolute Gasteiger partial charge is 0.384 e. The van der Waals surface area contributed by atoms with Gasteiger partial charge in [-0.1, -0.05) is 11.6 Å². The van der Waals surface area contributed by atoms with Gasteiger partial charge in [-0.25, -0.2) is 4.98 Å². The van der Waals surface area contributed by atoms with Gasteiger partial charge in [-0.05, 0) is 24.3 Å². The van der Waals surface area contributed by atoms with Crippen LogP contribution in [0.25, 0.3) is 0 Å². The normalized spacial score (nSPS) is 19.3. The van der Waals surface area contributed by atoms with Crippen LogP contribution in [0.5, 0.6) is 0 Å². The van der Waals surface area contributed by atoms with Crippen molar-refractivity contribution in [3.05, 3.63) is 22.8 Å². The molecule has 0 bridgehead atoms. The van der Waals surface area contributed by atoms with E-state index in [1.54, 1.807) is 17.0 Å². The van der Waals surface area contributed by atoms with Crippen molar-refractivity contribution < 1.29 is 4.79 Å². The number of anilines is 1. The standard InChI is InChI=1S/C11H14ClN3OS/c1-15(8-2-3-17-6-8)11(16)7-4-9(12)14-10(13)5-7/h4-5,8H,2-3,6H2,1H3,(H2,13,14). The van der Waals surface area contributed by atoms with E-state index in [0.29, 0.717) is 11.6 Å². The van der Waals surface area contributed by atoms with Crippen LogP contribution < -0.4 is 5.73 Å². The molecule has 2 heterocycles. The molecule has 1 aromatic rings. The Balaban J connectivity index is 2.17. The van der Waals surface area contributed by atoms with Crippen molar-refractivity contribution in [3.63, 3.8) is 0 Å². The van der Waals surface area contributed by atoms with Gasteiger partial charge in [0.05, 0.1) is 0 Å². The van der Waals surface area contributed by atoms with Crippen LogP contribution in [0.2, 0.25) is 5.15 Å². The summed E-state index contributed by atoms with van der Waals surface area (Å²) in [7, 11) is 1.82. The zero-order chi connectivity index (χ0) is 12.4. The number of nitrogens with two attached hydrogens (primary N) is 1. The maximum absolute atomic E-state index is 12.2. The van der Waals surface area contributed by atoms with Gasteiger partial charge in [0, 0.05) is 24.4 Å². The highest BCUT2D eigenvalue weighted by atomic mass is 35.5. The number of hydrogen-bond acceptors (Lipinski definition) is 4. The van der Waals surface area contributed by atoms with E-state index < -0.39 is 0 Å². The monoisotopic (exact) mass is 271 g/mol. The lowest BCUT2D eigenvalue weighted by Crippen LogP contribution is -2.37. The van der Waals surface area contributed by atoms with Crippen molar-refractivity contribution in [2.45, 2.75) is 12.5 Å². The third-order valence-corrected chi connectivity index (χ3v) is 4.17. The van der Waals surface area contributed by atoms with Crippen molar-refractivity contribution >= 4 is 35.1 Å². The number of nitrogens with zero attached hydrogens (tertiary/aromatic N) is 2. The summed E-state index contributed by atoms with van der Waals surface area (Å²) in [4.78, 5) is 17.8. The Bertz CT molecular complexity index is 414. The van der Waals surface area contributed by atoms with Gasteiger partial charge < -0.3 is 10.6 Å². The molecular weight excluding hydrogens is 258 g/mol. The van der Waals surface area contributed by atoms with Crippen molar-refractivity contribution in [3.8, 4) is 0 Å². The number of pyridine rings is 1. The summed E-state index contributed by atoms with van der Waals surface area (Å²) in [5, 5.41) is 0.252. The number of hydrogen-bond donors (Lipinski definition) is 1. The summed E-state index contributed by atoms with van der Waals surface area (Å²) in [6.07, 6.45) is 1.04. The second-order valence-corrected chi connectivity index (χ2v) is 5.57. The van der Waals surface area contributed by atoms with Crippen LogP contribution in [0.4, 0.5) is 5.82 Å². The molecular formula is C11H14ClN3OS. The van der Waals surface area contributed by atoms with Crippen LogP contribution in [-0.4, -0.2) is 40.4 Å². The summed E-state index contributed by atoms with van der Waals surface area (Å²) in [5.41, 5.74) is 6.08. The fraction of sp³-hybridized carbons (Fsp3) is 0.455. The number of amides is 1. The second-order valence-electron chi connectivity index (χ2n) is 4.04. The fourth-order valence-corrected chi connectivity index (χ4v) is 3.32. The smallest absolute Gasteiger partial charge is 0.254 e. The highest BCUT2D eigenvalue weighted by Crippen LogP contribution is 2.23. The molecule has 1 fully saturated rings. The van der Waals surface area contributed by atoms with Crippen LogP contribution in [0.15, 0.2) is 12.1 Å². The van der Waals surface area contributed by atoms with Gasteiger partial charge in [0.2, 0.25) is 0 Å². The molecule has 1 unspecified atom stereocenters. The SMILES string of the molecule is CN(C(=O)c1cc(N)nc(Cl)c1)C1CCSC1. The molecule has 92 valence electrons. The highest BCUT2D eigenvalue weighted by molar-refractivity contribution is 7.99. The highest BCUT2D eigenvalue weighted by Gasteiger charge is 2.24. The molecule has 0 saturated carbocycles. The average molecular weight is 272 g/mol. The molecule has 1 atom stereocenters. The number of carbonyl (C=O) groups is 1. The van der Waals surface area contributed by atoms with Crippen LogP contribution in [0.1, 0.15) is 16.8 Å². The third-order valence-electron chi connectivity index (χ3n) is 2.83. The van der Waals surface area contributed by atoms with Gasteiger partial charge >= 0.3 is 0 Å². The van der Waals surface area contributed by atoms with Crippen LogP contribution in [0.3, 0.4) is 0 Å². The number of aromatic nitrogens is 1. The Morgan fingerprint density at radius 1 is 1.65 bits per heavy atom. The number of thioether (sulfide) groups is 1. The molecule has 2 N–H and O–H groups in total. The quantitative estimate of drug-likeness (QED) is 0.835. The van der Waals surface area contributed by atoms with Gasteiger partial charge in [-0.3, -0.25) is 4.79 Å². The molecule has 1 amide bonds. The minimum absolute atomic E-state index is 0.0477. The third kappa shape index (κ3) is 2.84. The molecule has 4 nitrogen and oxygen atoms in total. The van der Waals surface area contributed by atoms with Crippen LogP contribution >= 0.6 is 23.4 Å². The van der Waals surface area contributed by atoms with E-state index >= 15 is 0 Å². The predicted molar refractivity (Wildman–Crippen MR) is 71.5 cm³/mol. The molecule has 0 aromatic carbocycles. The Morgan fingerprint density at radius 3 is 3.00 bits per heavy atom. The van der Waals surface area contributed by atoms with Crippen molar-refractivity contribution in [2.24, 2.45) is 0 Å². The van der Waals surface area contributed by atoms with Gasteiger partial charge in [0.15, 0.2) is 0 Å². The first-order valence-corrected chi connectivity index (χ1v) is 6.89. The number of rotatable bonds is 2. The molecule has 0 spiro atoms. The summed E-state index contributed by atoms with van der Waals surface area (Å²) < 4.78 is 0. The molecule has 1 aliphatic rings. The molecule has 0 aliphatic carbocycles. The summed E-state index contributed by atoms with van der Waals surface area (Å²) >= 11 is 7.67. The van der Waals surface area contributed by atoms with E-state index in [-0.39, 0.29) is 16.9 Å². The molecule has 1 aromatic heterocycles. The van der Waals surface area contributed by atoms with Crippen molar-refractivity contribution in [1.82, 2.24) is 9.88 Å². The molecule has 1 saturated heterocycles. The zero-order valence-electron chi connectivity index (χ0n) is 9.52. The van der Waals surface area contributed by atoms with Crippen LogP contribution in [0, 0.1) is 0 Å². The number of halogens is 1. The van der Waals surface area contributed by atoms with Gasteiger partial charge in [-0.15, -0.1) is 0 Å². The van der Waals surface area contributed by atoms with Gasteiger partial charge in [0.25, 0.3) is 5.91 Å². The summed E-state index contributed by atoms with van der Waals surface area (Å²) in [6, 6.07) is 3.42. The number of carbonyl (C=O) groups excluding carboxylic acids is 1. The van der Waals surface area contributed by atoms with Crippen LogP contribution in [-0.2, 0) is 0 Å². The average Bonchev–Trinajstić information content (AvgIpc) is 2.79. The topological polar surface area (TPSA) is 59.2 Å². The van der Waals surface area contributed by atoms with Crippen molar-refractivity contribution in [1.29, 1.82) is 0 Å². The molecule has 6 heteroatoms. The van der Waals surface area contributed by atoms with E-state index in [1.165, 1.54) is 0 Å². The first-order valence-electron chi connectivity index (χ1n) is 5.36. The van der Waals surface area contributed by atoms with E-state index in [9.17, 15) is 4.79 Å². The fourth-order valence-electron chi connectivity index (χ4n) is 1.84. The maximum Gasteiger partial charge on any atom is 0.254 e. The predicted octanol–water partition coefficient (Wildman–Crippen LogP) is 1.89. The Kier molecular flexibility index (Phi) is 3.79. The lowest BCUT2D eigenvalue weighted by molar-refractivity contribution is 0.0748. The lowest BCUT2D eigenvalue weighted by Gasteiger charge is -2.23. The zero-order valence-corrected chi connectivity index (χ0v) is 11.1. The van der Waals surface area contributed by atoms with E-state index in [0.717, 1.165) is 17.9 Å². The summed E-state index contributed by atoms with van der Waals surface area (Å²) in [5.74, 6) is 2.33. The molecule has 2 rings (SSSR count). The second kappa shape index (κ2) is 5.14. The Labute approximate surface area is 110 Å². The minimum Gasteiger partial charge on any atom is -0.384 e. The van der Waals surface area contributed by atoms with Crippen molar-refractivity contribution in [2.75, 3.05) is 24.3 Å². The number of nitrogen functional groups attached to an aromatic ring is 1. The van der Waals surface area contributed by atoms with Gasteiger partial charge in [0.1, 0.15) is 11.0 Å². The molecule has 1 aliphatic heterocycles. The lowest BCUT2D eigenvalue weighted by atomic mass is 10.2. The Morgan fingerprint density at radius 2 is 2.41 bits per heavy atom. The summed E-state index contributed by atoms with van der Waals surface area (Å²) in [6.45, 7) is 0. The minimum atomic E-state index is -0.0477. The maximum atomic E-state index is 12.2. The molecule has 17 heavy (non-hydrogen) atoms. The molecule has 0 radical (unpaired) electrons. The van der Waals surface area contributed by atoms with Gasteiger partial charge in [-0.2, -0.15) is 11.8 Å². The van der Waals surface area contributed by atoms with E-state index in [2.05, 4.69) is 4.98 Å².